The monoisotopic (exact) mass is 476 g/mol. The zero-order valence-electron chi connectivity index (χ0n) is 16.8. The molecule has 5 nitrogen and oxygen atoms in total. The maximum absolute atomic E-state index is 14.0. The number of benzene rings is 3. The Balaban J connectivity index is 1.60. The van der Waals surface area contributed by atoms with Gasteiger partial charge in [-0.15, -0.1) is 0 Å². The first-order valence-corrected chi connectivity index (χ1v) is 11.7. The van der Waals surface area contributed by atoms with Crippen LogP contribution in [0.5, 0.6) is 0 Å². The highest BCUT2D eigenvalue weighted by molar-refractivity contribution is 7.92. The Bertz CT molecular complexity index is 1260. The minimum atomic E-state index is -3.91. The standard InChI is InChI=1S/C23H19ClF2N2O3S/c24-20-4-1-5-21(26)19(20)14-23(29)27-17-9-6-15-3-2-12-28(22(15)13-17)32(30,31)18-10-7-16(25)8-11-18/h1,4-11,13H,2-3,12,14H2,(H,27,29). The van der Waals surface area contributed by atoms with E-state index in [1.54, 1.807) is 18.2 Å². The van der Waals surface area contributed by atoms with E-state index < -0.39 is 27.6 Å². The first-order valence-electron chi connectivity index (χ1n) is 9.90. The van der Waals surface area contributed by atoms with Crippen molar-refractivity contribution in [2.45, 2.75) is 24.2 Å². The van der Waals surface area contributed by atoms with Crippen LogP contribution in [0.2, 0.25) is 5.02 Å². The molecule has 0 bridgehead atoms. The number of halogens is 3. The van der Waals surface area contributed by atoms with Gasteiger partial charge in [0, 0.05) is 22.8 Å². The second kappa shape index (κ2) is 8.88. The van der Waals surface area contributed by atoms with Crippen molar-refractivity contribution in [2.75, 3.05) is 16.2 Å². The van der Waals surface area contributed by atoms with E-state index in [2.05, 4.69) is 5.32 Å². The maximum Gasteiger partial charge on any atom is 0.264 e. The summed E-state index contributed by atoms with van der Waals surface area (Å²) in [6.45, 7) is 0.259. The summed E-state index contributed by atoms with van der Waals surface area (Å²) in [7, 11) is -3.91. The number of nitrogens with zero attached hydrogens (tertiary/aromatic N) is 1. The van der Waals surface area contributed by atoms with E-state index in [-0.39, 0.29) is 28.4 Å². The van der Waals surface area contributed by atoms with E-state index in [4.69, 9.17) is 11.6 Å². The summed E-state index contributed by atoms with van der Waals surface area (Å²) in [5.74, 6) is -1.58. The minimum absolute atomic E-state index is 0.0182. The van der Waals surface area contributed by atoms with Crippen molar-refractivity contribution in [2.24, 2.45) is 0 Å². The summed E-state index contributed by atoms with van der Waals surface area (Å²) in [6, 6.07) is 13.8. The number of aryl methyl sites for hydroxylation is 1. The first-order chi connectivity index (χ1) is 15.3. The molecule has 0 saturated carbocycles. The number of amides is 1. The Morgan fingerprint density at radius 3 is 2.53 bits per heavy atom. The van der Waals surface area contributed by atoms with E-state index in [0.717, 1.165) is 17.7 Å². The van der Waals surface area contributed by atoms with Crippen molar-refractivity contribution in [3.05, 3.63) is 88.4 Å². The van der Waals surface area contributed by atoms with E-state index in [1.807, 2.05) is 0 Å². The Kier molecular flexibility index (Phi) is 6.17. The Labute approximate surface area is 189 Å². The summed E-state index contributed by atoms with van der Waals surface area (Å²) in [5, 5.41) is 2.83. The third kappa shape index (κ3) is 4.47. The van der Waals surface area contributed by atoms with Crippen LogP contribution in [0.15, 0.2) is 65.6 Å². The lowest BCUT2D eigenvalue weighted by Gasteiger charge is -2.31. The van der Waals surface area contributed by atoms with Crippen LogP contribution in [-0.2, 0) is 27.7 Å². The van der Waals surface area contributed by atoms with Gasteiger partial charge in [0.15, 0.2) is 0 Å². The van der Waals surface area contributed by atoms with Crippen LogP contribution in [0.4, 0.5) is 20.2 Å². The highest BCUT2D eigenvalue weighted by atomic mass is 35.5. The lowest BCUT2D eigenvalue weighted by molar-refractivity contribution is -0.115. The van der Waals surface area contributed by atoms with Gasteiger partial charge in [0.2, 0.25) is 5.91 Å². The number of carbonyl (C=O) groups excluding carboxylic acids is 1. The smallest absolute Gasteiger partial charge is 0.264 e. The molecule has 1 aliphatic rings. The van der Waals surface area contributed by atoms with Crippen molar-refractivity contribution in [1.29, 1.82) is 0 Å². The second-order valence-electron chi connectivity index (χ2n) is 7.40. The van der Waals surface area contributed by atoms with Crippen molar-refractivity contribution in [3.8, 4) is 0 Å². The molecule has 0 unspecified atom stereocenters. The molecule has 9 heteroatoms. The zero-order valence-corrected chi connectivity index (χ0v) is 18.4. The van der Waals surface area contributed by atoms with Crippen molar-refractivity contribution in [1.82, 2.24) is 0 Å². The number of rotatable bonds is 5. The number of anilines is 2. The highest BCUT2D eigenvalue weighted by Crippen LogP contribution is 2.34. The van der Waals surface area contributed by atoms with E-state index in [0.29, 0.717) is 24.2 Å². The number of hydrogen-bond acceptors (Lipinski definition) is 3. The molecule has 4 rings (SSSR count). The number of sulfonamides is 1. The molecule has 0 aromatic heterocycles. The average molecular weight is 477 g/mol. The fourth-order valence-electron chi connectivity index (χ4n) is 3.67. The number of nitrogens with one attached hydrogen (secondary N) is 1. The maximum atomic E-state index is 14.0. The number of hydrogen-bond donors (Lipinski definition) is 1. The van der Waals surface area contributed by atoms with Gasteiger partial charge >= 0.3 is 0 Å². The second-order valence-corrected chi connectivity index (χ2v) is 9.67. The van der Waals surface area contributed by atoms with Gasteiger partial charge in [0.05, 0.1) is 17.0 Å². The van der Waals surface area contributed by atoms with E-state index >= 15 is 0 Å². The summed E-state index contributed by atoms with van der Waals surface area (Å²) in [4.78, 5) is 12.5. The minimum Gasteiger partial charge on any atom is -0.326 e. The quantitative estimate of drug-likeness (QED) is 0.567. The molecule has 0 radical (unpaired) electrons. The van der Waals surface area contributed by atoms with Crippen molar-refractivity contribution in [3.63, 3.8) is 0 Å². The van der Waals surface area contributed by atoms with Crippen LogP contribution in [0.1, 0.15) is 17.5 Å². The van der Waals surface area contributed by atoms with Gasteiger partial charge in [-0.25, -0.2) is 17.2 Å². The van der Waals surface area contributed by atoms with Crippen LogP contribution >= 0.6 is 11.6 Å². The van der Waals surface area contributed by atoms with Gasteiger partial charge in [-0.2, -0.15) is 0 Å². The molecule has 32 heavy (non-hydrogen) atoms. The third-order valence-electron chi connectivity index (χ3n) is 5.25. The highest BCUT2D eigenvalue weighted by Gasteiger charge is 2.29. The van der Waals surface area contributed by atoms with Crippen LogP contribution < -0.4 is 9.62 Å². The van der Waals surface area contributed by atoms with Crippen LogP contribution in [0.3, 0.4) is 0 Å². The summed E-state index contributed by atoms with van der Waals surface area (Å²) in [5.41, 5.74) is 1.73. The molecule has 1 amide bonds. The third-order valence-corrected chi connectivity index (χ3v) is 7.43. The van der Waals surface area contributed by atoms with Gasteiger partial charge in [-0.05, 0) is 66.9 Å². The van der Waals surface area contributed by atoms with Crippen molar-refractivity contribution >= 4 is 38.9 Å². The molecule has 1 aliphatic heterocycles. The van der Waals surface area contributed by atoms with E-state index in [1.165, 1.54) is 34.6 Å². The Hall–Kier alpha value is -2.97. The SMILES string of the molecule is O=C(Cc1c(F)cccc1Cl)Nc1ccc2c(c1)N(S(=O)(=O)c1ccc(F)cc1)CCC2. The van der Waals surface area contributed by atoms with Gasteiger partial charge in [-0.3, -0.25) is 9.10 Å². The normalized spacial score (nSPS) is 13.5. The molecule has 0 fully saturated rings. The van der Waals surface area contributed by atoms with Gasteiger partial charge in [-0.1, -0.05) is 23.7 Å². The Morgan fingerprint density at radius 2 is 1.81 bits per heavy atom. The van der Waals surface area contributed by atoms with Crippen molar-refractivity contribution < 1.29 is 22.0 Å². The molecule has 0 saturated heterocycles. The predicted octanol–water partition coefficient (Wildman–Crippen LogP) is 4.94. The lowest BCUT2D eigenvalue weighted by atomic mass is 10.0. The zero-order chi connectivity index (χ0) is 22.9. The summed E-state index contributed by atoms with van der Waals surface area (Å²) >= 11 is 5.99. The molecule has 0 aliphatic carbocycles. The van der Waals surface area contributed by atoms with Crippen LogP contribution in [0.25, 0.3) is 0 Å². The fraction of sp³-hybridized carbons (Fsp3) is 0.174. The molecule has 0 atom stereocenters. The first kappa shape index (κ1) is 22.2. The summed E-state index contributed by atoms with van der Waals surface area (Å²) < 4.78 is 54.8. The van der Waals surface area contributed by atoms with Gasteiger partial charge < -0.3 is 5.32 Å². The fourth-order valence-corrected chi connectivity index (χ4v) is 5.43. The van der Waals surface area contributed by atoms with E-state index in [9.17, 15) is 22.0 Å². The summed E-state index contributed by atoms with van der Waals surface area (Å²) in [6.07, 6.45) is 1.05. The molecule has 1 N–H and O–H groups in total. The molecule has 166 valence electrons. The average Bonchev–Trinajstić information content (AvgIpc) is 2.76. The number of fused-ring (bicyclic) bond motifs is 1. The molecule has 3 aromatic rings. The van der Waals surface area contributed by atoms with Gasteiger partial charge in [0.25, 0.3) is 10.0 Å². The molecule has 0 spiro atoms. The largest absolute Gasteiger partial charge is 0.326 e. The lowest BCUT2D eigenvalue weighted by Crippen LogP contribution is -2.35. The number of carbonyl (C=O) groups is 1. The predicted molar refractivity (Wildman–Crippen MR) is 119 cm³/mol. The topological polar surface area (TPSA) is 66.5 Å². The molecular weight excluding hydrogens is 458 g/mol. The van der Waals surface area contributed by atoms with Crippen LogP contribution in [0, 0.1) is 11.6 Å². The molecule has 1 heterocycles. The molecule has 3 aromatic carbocycles. The molecular formula is C23H19ClF2N2O3S. The van der Waals surface area contributed by atoms with Crippen LogP contribution in [-0.4, -0.2) is 20.9 Å². The Morgan fingerprint density at radius 1 is 1.06 bits per heavy atom. The van der Waals surface area contributed by atoms with Gasteiger partial charge in [0.1, 0.15) is 11.6 Å².